The minimum atomic E-state index is -0.547. The third-order valence-electron chi connectivity index (χ3n) is 4.94. The number of aliphatic hydroxyl groups excluding tert-OH is 1. The molecule has 0 aliphatic heterocycles. The van der Waals surface area contributed by atoms with E-state index in [0.29, 0.717) is 29.2 Å². The lowest BCUT2D eigenvalue weighted by Crippen LogP contribution is -2.39. The number of aromatic nitrogens is 4. The van der Waals surface area contributed by atoms with Gasteiger partial charge in [0.15, 0.2) is 0 Å². The lowest BCUT2D eigenvalue weighted by Gasteiger charge is -2.16. The van der Waals surface area contributed by atoms with E-state index >= 15 is 0 Å². The molecule has 26 heavy (non-hydrogen) atoms. The lowest BCUT2D eigenvalue weighted by molar-refractivity contribution is 0.0874. The maximum absolute atomic E-state index is 12.7. The zero-order valence-electron chi connectivity index (χ0n) is 14.4. The van der Waals surface area contributed by atoms with Crippen molar-refractivity contribution in [3.05, 3.63) is 48.8 Å². The molecule has 0 bridgehead atoms. The van der Waals surface area contributed by atoms with Gasteiger partial charge in [-0.1, -0.05) is 0 Å². The summed E-state index contributed by atoms with van der Waals surface area (Å²) in [6, 6.07) is 3.33. The van der Waals surface area contributed by atoms with E-state index in [9.17, 15) is 9.90 Å². The zero-order chi connectivity index (χ0) is 18.1. The van der Waals surface area contributed by atoms with Crippen LogP contribution < -0.4 is 10.1 Å². The van der Waals surface area contributed by atoms with Crippen LogP contribution in [0.25, 0.3) is 5.52 Å². The van der Waals surface area contributed by atoms with Crippen LogP contribution in [-0.2, 0) is 6.54 Å². The second kappa shape index (κ2) is 6.80. The maximum atomic E-state index is 12.7. The van der Waals surface area contributed by atoms with Crippen LogP contribution in [0.15, 0.2) is 43.2 Å². The van der Waals surface area contributed by atoms with E-state index in [-0.39, 0.29) is 11.9 Å². The minimum absolute atomic E-state index is 0.225. The van der Waals surface area contributed by atoms with Crippen molar-refractivity contribution in [1.29, 1.82) is 0 Å². The van der Waals surface area contributed by atoms with Crippen molar-refractivity contribution in [1.82, 2.24) is 24.5 Å². The molecule has 1 fully saturated rings. The molecule has 8 heteroatoms. The third kappa shape index (κ3) is 3.15. The Morgan fingerprint density at radius 2 is 2.31 bits per heavy atom. The van der Waals surface area contributed by atoms with E-state index in [1.165, 1.54) is 6.20 Å². The summed E-state index contributed by atoms with van der Waals surface area (Å²) in [5.41, 5.74) is 1.18. The Hall–Kier alpha value is -2.87. The van der Waals surface area contributed by atoms with E-state index in [4.69, 9.17) is 4.74 Å². The first-order valence-corrected chi connectivity index (χ1v) is 8.60. The number of rotatable bonds is 5. The molecule has 3 aromatic heterocycles. The Kier molecular flexibility index (Phi) is 4.34. The number of aliphatic hydroxyl groups is 1. The summed E-state index contributed by atoms with van der Waals surface area (Å²) in [5.74, 6) is 0.747. The maximum Gasteiger partial charge on any atom is 0.255 e. The van der Waals surface area contributed by atoms with Crippen molar-refractivity contribution in [2.45, 2.75) is 31.5 Å². The highest BCUT2D eigenvalue weighted by Crippen LogP contribution is 2.28. The number of pyridine rings is 1. The number of nitrogens with zero attached hydrogens (tertiary/aromatic N) is 4. The predicted molar refractivity (Wildman–Crippen MR) is 94.0 cm³/mol. The van der Waals surface area contributed by atoms with Gasteiger partial charge in [0, 0.05) is 18.9 Å². The summed E-state index contributed by atoms with van der Waals surface area (Å²) < 4.78 is 8.78. The number of carbonyl (C=O) groups is 1. The largest absolute Gasteiger partial charge is 0.495 e. The highest BCUT2D eigenvalue weighted by atomic mass is 16.5. The highest BCUT2D eigenvalue weighted by Gasteiger charge is 2.34. The minimum Gasteiger partial charge on any atom is -0.495 e. The molecule has 2 N–H and O–H groups in total. The molecule has 0 radical (unpaired) electrons. The molecule has 1 aliphatic rings. The van der Waals surface area contributed by atoms with Crippen LogP contribution >= 0.6 is 0 Å². The van der Waals surface area contributed by atoms with Crippen LogP contribution in [0.5, 0.6) is 5.75 Å². The quantitative estimate of drug-likeness (QED) is 0.715. The van der Waals surface area contributed by atoms with Gasteiger partial charge in [-0.25, -0.2) is 9.50 Å². The second-order valence-corrected chi connectivity index (χ2v) is 6.70. The fourth-order valence-corrected chi connectivity index (χ4v) is 3.62. The average Bonchev–Trinajstić information content (AvgIpc) is 3.35. The molecule has 1 aliphatic carbocycles. The number of methoxy groups -OCH3 is 1. The summed E-state index contributed by atoms with van der Waals surface area (Å²) >= 11 is 0. The molecule has 3 atom stereocenters. The molecule has 1 unspecified atom stereocenters. The number of fused-ring (bicyclic) bond motifs is 1. The molecule has 0 spiro atoms. The predicted octanol–water partition coefficient (Wildman–Crippen LogP) is 1.11. The summed E-state index contributed by atoms with van der Waals surface area (Å²) in [6.45, 7) is 0.792. The molecule has 3 heterocycles. The molecule has 4 rings (SSSR count). The number of nitrogens with one attached hydrogen (secondary N) is 1. The van der Waals surface area contributed by atoms with Gasteiger partial charge >= 0.3 is 0 Å². The Bertz CT molecular complexity index is 905. The SMILES string of the molecule is COc1ccc2c(C(=O)N[C@@H]3CC(Cn4ccnc4)C[C@H]3O)cnn2c1. The fourth-order valence-electron chi connectivity index (χ4n) is 3.62. The zero-order valence-corrected chi connectivity index (χ0v) is 14.4. The number of imidazole rings is 1. The van der Waals surface area contributed by atoms with E-state index in [2.05, 4.69) is 15.4 Å². The molecule has 3 aromatic rings. The van der Waals surface area contributed by atoms with Crippen molar-refractivity contribution >= 4 is 11.4 Å². The van der Waals surface area contributed by atoms with E-state index in [0.717, 1.165) is 13.0 Å². The molecule has 8 nitrogen and oxygen atoms in total. The monoisotopic (exact) mass is 355 g/mol. The first kappa shape index (κ1) is 16.6. The van der Waals surface area contributed by atoms with Gasteiger partial charge in [0.05, 0.1) is 49.1 Å². The molecule has 0 aromatic carbocycles. The van der Waals surface area contributed by atoms with Gasteiger partial charge in [-0.05, 0) is 30.9 Å². The van der Waals surface area contributed by atoms with Crippen LogP contribution in [0.2, 0.25) is 0 Å². The standard InChI is InChI=1S/C18H21N5O3/c1-26-13-2-3-16-14(8-20-23(16)10-13)18(25)21-15-6-12(7-17(15)24)9-22-5-4-19-11-22/h2-5,8,10-12,15,17,24H,6-7,9H2,1H3,(H,21,25)/t12?,15-,17-/m1/s1. The topological polar surface area (TPSA) is 93.7 Å². The Labute approximate surface area is 150 Å². The fraction of sp³-hybridized carbons (Fsp3) is 0.389. The molecular weight excluding hydrogens is 334 g/mol. The summed E-state index contributed by atoms with van der Waals surface area (Å²) in [7, 11) is 1.58. The van der Waals surface area contributed by atoms with Gasteiger partial charge in [0.25, 0.3) is 5.91 Å². The normalized spacial score (nSPS) is 22.6. The van der Waals surface area contributed by atoms with Crippen molar-refractivity contribution < 1.29 is 14.6 Å². The Balaban J connectivity index is 1.44. The number of hydrogen-bond acceptors (Lipinski definition) is 5. The summed E-state index contributed by atoms with van der Waals surface area (Å²) in [6.07, 6.45) is 9.52. The van der Waals surface area contributed by atoms with E-state index in [1.54, 1.807) is 42.5 Å². The second-order valence-electron chi connectivity index (χ2n) is 6.70. The molecule has 0 saturated heterocycles. The van der Waals surface area contributed by atoms with Crippen molar-refractivity contribution in [3.63, 3.8) is 0 Å². The first-order valence-electron chi connectivity index (χ1n) is 8.60. The number of amides is 1. The highest BCUT2D eigenvalue weighted by molar-refractivity contribution is 6.00. The van der Waals surface area contributed by atoms with Crippen LogP contribution in [0.4, 0.5) is 0 Å². The third-order valence-corrected chi connectivity index (χ3v) is 4.94. The molecule has 1 amide bonds. The Morgan fingerprint density at radius 3 is 3.08 bits per heavy atom. The lowest BCUT2D eigenvalue weighted by atomic mass is 10.1. The number of carbonyl (C=O) groups excluding carboxylic acids is 1. The van der Waals surface area contributed by atoms with Gasteiger partial charge in [-0.15, -0.1) is 0 Å². The van der Waals surface area contributed by atoms with E-state index in [1.807, 2.05) is 10.8 Å². The first-order chi connectivity index (χ1) is 12.6. The van der Waals surface area contributed by atoms with Crippen LogP contribution in [0, 0.1) is 5.92 Å². The number of ether oxygens (including phenoxy) is 1. The molecule has 1 saturated carbocycles. The van der Waals surface area contributed by atoms with Crippen LogP contribution in [0.3, 0.4) is 0 Å². The van der Waals surface area contributed by atoms with E-state index < -0.39 is 6.10 Å². The van der Waals surface area contributed by atoms with Crippen LogP contribution in [0.1, 0.15) is 23.2 Å². The van der Waals surface area contributed by atoms with Gasteiger partial charge in [-0.2, -0.15) is 5.10 Å². The number of hydrogen-bond donors (Lipinski definition) is 2. The summed E-state index contributed by atoms with van der Waals surface area (Å²) in [4.78, 5) is 16.7. The van der Waals surface area contributed by atoms with Crippen molar-refractivity contribution in [2.75, 3.05) is 7.11 Å². The molecule has 136 valence electrons. The van der Waals surface area contributed by atoms with Gasteiger partial charge < -0.3 is 19.7 Å². The summed E-state index contributed by atoms with van der Waals surface area (Å²) in [5, 5.41) is 17.5. The molecular formula is C18H21N5O3. The smallest absolute Gasteiger partial charge is 0.255 e. The van der Waals surface area contributed by atoms with Crippen LogP contribution in [-0.4, -0.2) is 49.4 Å². The van der Waals surface area contributed by atoms with Gasteiger partial charge in [0.2, 0.25) is 0 Å². The van der Waals surface area contributed by atoms with Gasteiger partial charge in [-0.3, -0.25) is 4.79 Å². The Morgan fingerprint density at radius 1 is 1.42 bits per heavy atom. The van der Waals surface area contributed by atoms with Gasteiger partial charge in [0.1, 0.15) is 5.75 Å². The average molecular weight is 355 g/mol. The van der Waals surface area contributed by atoms with Crippen molar-refractivity contribution in [3.8, 4) is 5.75 Å². The van der Waals surface area contributed by atoms with Crippen molar-refractivity contribution in [2.24, 2.45) is 5.92 Å².